The van der Waals surface area contributed by atoms with E-state index in [1.165, 1.54) is 76.7 Å². The number of anilines is 3. The van der Waals surface area contributed by atoms with E-state index in [1.807, 2.05) is 0 Å². The van der Waals surface area contributed by atoms with Gasteiger partial charge in [0.2, 0.25) is 5.71 Å². The van der Waals surface area contributed by atoms with Crippen molar-refractivity contribution < 1.29 is 4.42 Å². The first-order valence-corrected chi connectivity index (χ1v) is 23.4. The molecular weight excluding hydrogens is 803 g/mol. The lowest BCUT2D eigenvalue weighted by molar-refractivity contribution is 0.590. The maximum atomic E-state index is 6.87. The van der Waals surface area contributed by atoms with Gasteiger partial charge >= 0.3 is 0 Å². The summed E-state index contributed by atoms with van der Waals surface area (Å²) in [7, 11) is 0. The Hall–Kier alpha value is -7.30. The zero-order valence-corrected chi connectivity index (χ0v) is 39.4. The summed E-state index contributed by atoms with van der Waals surface area (Å²) in [5, 5.41) is 8.63. The lowest BCUT2D eigenvalue weighted by atomic mass is 9.85. The quantitative estimate of drug-likeness (QED) is 0.172. The normalized spacial score (nSPS) is 12.9. The van der Waals surface area contributed by atoms with Gasteiger partial charge in [0.05, 0.1) is 33.1 Å². The molecular formula is C62H55N3O. The SMILES string of the molecule is CC(C)(C)c1ccc(-n2c3ccc(C(C)(C)C)cc3c3cc4c5cc(C(C)(C)C)cc6c7c8ccccc8oc7n(c4cc32)c56)c(-c2ccc(N(c3ccccc3)c3ccccc3)cc2)c1. The van der Waals surface area contributed by atoms with Gasteiger partial charge in [0.1, 0.15) is 5.58 Å². The topological polar surface area (TPSA) is 25.7 Å². The standard InChI is InChI=1S/C62H55N3O/c1-60(2,3)39-26-30-52(46(32-39)38-24-28-44(29-25-38)63(42-18-12-10-13-19-42)43-20-14-11-15-21-43)64-53-31-27-40(61(4,5)6)33-47(53)48-36-49-50-34-41(62(7,8)9)35-51-57-45-22-16-17-23-56(45)66-59(57)65(58(50)51)55(49)37-54(48)64/h10-37H,1-9H3. The van der Waals surface area contributed by atoms with Gasteiger partial charge in [-0.3, -0.25) is 4.40 Å². The summed E-state index contributed by atoms with van der Waals surface area (Å²) in [6.07, 6.45) is 0. The van der Waals surface area contributed by atoms with Gasteiger partial charge in [0.15, 0.2) is 0 Å². The molecule has 66 heavy (non-hydrogen) atoms. The molecule has 0 radical (unpaired) electrons. The summed E-state index contributed by atoms with van der Waals surface area (Å²) in [6.45, 7) is 20.8. The van der Waals surface area contributed by atoms with Crippen molar-refractivity contribution in [3.63, 3.8) is 0 Å². The largest absolute Gasteiger partial charge is 0.439 e. The van der Waals surface area contributed by atoms with Crippen molar-refractivity contribution in [3.8, 4) is 16.8 Å². The van der Waals surface area contributed by atoms with Crippen LogP contribution in [0.25, 0.3) is 87.9 Å². The van der Waals surface area contributed by atoms with Gasteiger partial charge in [-0.2, -0.15) is 0 Å². The fraction of sp³-hybridized carbons (Fsp3) is 0.194. The minimum absolute atomic E-state index is 0.0214. The Morgan fingerprint density at radius 2 is 0.955 bits per heavy atom. The minimum atomic E-state index is -0.0523. The van der Waals surface area contributed by atoms with Crippen molar-refractivity contribution >= 4 is 88.1 Å². The van der Waals surface area contributed by atoms with E-state index in [1.54, 1.807) is 0 Å². The van der Waals surface area contributed by atoms with E-state index < -0.39 is 0 Å². The van der Waals surface area contributed by atoms with Crippen LogP contribution in [0, 0.1) is 0 Å². The van der Waals surface area contributed by atoms with Crippen molar-refractivity contribution in [1.82, 2.24) is 8.97 Å². The van der Waals surface area contributed by atoms with Gasteiger partial charge in [0.25, 0.3) is 0 Å². The molecule has 0 spiro atoms. The first-order valence-electron chi connectivity index (χ1n) is 23.4. The van der Waals surface area contributed by atoms with Crippen LogP contribution in [0.5, 0.6) is 0 Å². The maximum Gasteiger partial charge on any atom is 0.213 e. The van der Waals surface area contributed by atoms with E-state index in [0.717, 1.165) is 44.9 Å². The Bertz CT molecular complexity index is 3800. The molecule has 0 saturated carbocycles. The smallest absolute Gasteiger partial charge is 0.213 e. The third-order valence-electron chi connectivity index (χ3n) is 14.1. The number of nitrogens with zero attached hydrogens (tertiary/aromatic N) is 3. The van der Waals surface area contributed by atoms with Crippen molar-refractivity contribution in [1.29, 1.82) is 0 Å². The average molecular weight is 858 g/mol. The van der Waals surface area contributed by atoms with Gasteiger partial charge in [-0.1, -0.05) is 141 Å². The Labute approximate surface area is 386 Å². The fourth-order valence-corrected chi connectivity index (χ4v) is 10.5. The van der Waals surface area contributed by atoms with Crippen LogP contribution in [0.1, 0.15) is 79.0 Å². The molecule has 0 atom stereocenters. The summed E-state index contributed by atoms with van der Waals surface area (Å²) in [6, 6.07) is 63.0. The minimum Gasteiger partial charge on any atom is -0.439 e. The van der Waals surface area contributed by atoms with Gasteiger partial charge in [-0.15, -0.1) is 0 Å². The second-order valence-corrected chi connectivity index (χ2v) is 21.5. The Balaban J connectivity index is 1.16. The zero-order chi connectivity index (χ0) is 45.4. The van der Waals surface area contributed by atoms with Gasteiger partial charge in [0, 0.05) is 54.9 Å². The second-order valence-electron chi connectivity index (χ2n) is 21.5. The lowest BCUT2D eigenvalue weighted by Gasteiger charge is -2.26. The molecule has 324 valence electrons. The molecule has 4 aromatic heterocycles. The lowest BCUT2D eigenvalue weighted by Crippen LogP contribution is -2.12. The molecule has 4 heteroatoms. The molecule has 4 nitrogen and oxygen atoms in total. The monoisotopic (exact) mass is 857 g/mol. The van der Waals surface area contributed by atoms with E-state index in [4.69, 9.17) is 4.42 Å². The molecule has 0 amide bonds. The molecule has 12 aromatic rings. The average Bonchev–Trinajstić information content (AvgIpc) is 4.03. The number of fused-ring (bicyclic) bond motifs is 11. The first-order chi connectivity index (χ1) is 31.6. The highest BCUT2D eigenvalue weighted by atomic mass is 16.3. The fourth-order valence-electron chi connectivity index (χ4n) is 10.5. The summed E-state index contributed by atoms with van der Waals surface area (Å²) in [5.41, 5.74) is 17.3. The van der Waals surface area contributed by atoms with E-state index in [9.17, 15) is 0 Å². The third kappa shape index (κ3) is 6.11. The molecule has 0 saturated heterocycles. The van der Waals surface area contributed by atoms with E-state index >= 15 is 0 Å². The number of furan rings is 1. The van der Waals surface area contributed by atoms with E-state index in [0.29, 0.717) is 0 Å². The first kappa shape index (κ1) is 40.2. The van der Waals surface area contributed by atoms with E-state index in [-0.39, 0.29) is 16.2 Å². The second kappa shape index (κ2) is 14.1. The van der Waals surface area contributed by atoms with Crippen molar-refractivity contribution in [3.05, 3.63) is 187 Å². The molecule has 0 bridgehead atoms. The predicted molar refractivity (Wildman–Crippen MR) is 281 cm³/mol. The molecule has 8 aromatic carbocycles. The third-order valence-corrected chi connectivity index (χ3v) is 14.1. The summed E-state index contributed by atoms with van der Waals surface area (Å²) in [5.74, 6) is 0. The molecule has 0 fully saturated rings. The molecule has 4 heterocycles. The highest BCUT2D eigenvalue weighted by Gasteiger charge is 2.28. The van der Waals surface area contributed by atoms with Crippen LogP contribution in [0.4, 0.5) is 17.1 Å². The van der Waals surface area contributed by atoms with Crippen LogP contribution in [0.3, 0.4) is 0 Å². The van der Waals surface area contributed by atoms with Crippen LogP contribution >= 0.6 is 0 Å². The number of hydrogen-bond acceptors (Lipinski definition) is 2. The highest BCUT2D eigenvalue weighted by molar-refractivity contribution is 6.29. The molecule has 0 aliphatic rings. The summed E-state index contributed by atoms with van der Waals surface area (Å²) >= 11 is 0. The van der Waals surface area contributed by atoms with Crippen LogP contribution in [-0.4, -0.2) is 8.97 Å². The number of hydrogen-bond donors (Lipinski definition) is 0. The molecule has 0 aliphatic carbocycles. The van der Waals surface area contributed by atoms with Crippen LogP contribution < -0.4 is 4.90 Å². The van der Waals surface area contributed by atoms with E-state index in [2.05, 4.69) is 246 Å². The van der Waals surface area contributed by atoms with Gasteiger partial charge in [-0.25, -0.2) is 0 Å². The molecule has 0 aliphatic heterocycles. The molecule has 12 rings (SSSR count). The summed E-state index contributed by atoms with van der Waals surface area (Å²) < 4.78 is 11.8. The van der Waals surface area contributed by atoms with Crippen molar-refractivity contribution in [2.45, 2.75) is 78.6 Å². The van der Waals surface area contributed by atoms with Gasteiger partial charge < -0.3 is 13.9 Å². The zero-order valence-electron chi connectivity index (χ0n) is 39.4. The Morgan fingerprint density at radius 3 is 1.62 bits per heavy atom. The highest BCUT2D eigenvalue weighted by Crippen LogP contribution is 2.48. The Kier molecular flexibility index (Phi) is 8.59. The number of benzene rings is 8. The van der Waals surface area contributed by atoms with Crippen LogP contribution in [-0.2, 0) is 16.2 Å². The Morgan fingerprint density at radius 1 is 0.409 bits per heavy atom. The van der Waals surface area contributed by atoms with Crippen molar-refractivity contribution in [2.75, 3.05) is 4.90 Å². The molecule has 0 unspecified atom stereocenters. The summed E-state index contributed by atoms with van der Waals surface area (Å²) in [4.78, 5) is 2.33. The predicted octanol–water partition coefficient (Wildman–Crippen LogP) is 17.7. The van der Waals surface area contributed by atoms with Crippen LogP contribution in [0.15, 0.2) is 174 Å². The van der Waals surface area contributed by atoms with Crippen molar-refractivity contribution in [2.24, 2.45) is 0 Å². The van der Waals surface area contributed by atoms with Crippen LogP contribution in [0.2, 0.25) is 0 Å². The number of para-hydroxylation sites is 3. The number of aromatic nitrogens is 2. The maximum absolute atomic E-state index is 6.87. The molecule has 0 N–H and O–H groups in total. The van der Waals surface area contributed by atoms with Gasteiger partial charge in [-0.05, 0) is 129 Å². The number of rotatable bonds is 5.